The molecule has 0 radical (unpaired) electrons. The first kappa shape index (κ1) is 32.4. The van der Waals surface area contributed by atoms with Crippen molar-refractivity contribution in [1.29, 1.82) is 0 Å². The van der Waals surface area contributed by atoms with E-state index in [9.17, 15) is 4.79 Å². The average molecular weight is 659 g/mol. The normalized spacial score (nSPS) is 11.4. The van der Waals surface area contributed by atoms with Gasteiger partial charge in [0.1, 0.15) is 5.56 Å². The lowest BCUT2D eigenvalue weighted by atomic mass is 9.77. The van der Waals surface area contributed by atoms with Crippen LogP contribution in [0.2, 0.25) is 0 Å². The summed E-state index contributed by atoms with van der Waals surface area (Å²) < 4.78 is 7.00. The Labute approximate surface area is 292 Å². The summed E-state index contributed by atoms with van der Waals surface area (Å²) in [6, 6.07) is 47.5. The number of methoxy groups -OCH3 is 1. The van der Waals surface area contributed by atoms with Gasteiger partial charge in [0.2, 0.25) is 5.82 Å². The number of carbonyl (C=O) groups excluding carboxylic acids is 1. The Morgan fingerprint density at radius 2 is 1.24 bits per heavy atom. The van der Waals surface area contributed by atoms with Crippen molar-refractivity contribution in [3.63, 3.8) is 0 Å². The van der Waals surface area contributed by atoms with E-state index in [1.54, 1.807) is 4.80 Å². The van der Waals surface area contributed by atoms with Crippen LogP contribution in [0.3, 0.4) is 0 Å². The number of ether oxygens (including phenoxy) is 1. The second-order valence-corrected chi connectivity index (χ2v) is 12.3. The maximum absolute atomic E-state index is 12.7. The lowest BCUT2D eigenvalue weighted by Crippen LogP contribution is -2.39. The van der Waals surface area contributed by atoms with Crippen LogP contribution < -0.4 is 0 Å². The van der Waals surface area contributed by atoms with E-state index in [-0.39, 0.29) is 5.97 Å². The number of esters is 1. The van der Waals surface area contributed by atoms with Gasteiger partial charge in [-0.3, -0.25) is 4.68 Å². The van der Waals surface area contributed by atoms with Gasteiger partial charge in [-0.1, -0.05) is 146 Å². The molecule has 248 valence electrons. The Bertz CT molecular complexity index is 2110. The molecule has 0 aliphatic heterocycles. The second kappa shape index (κ2) is 14.1. The smallest absolute Gasteiger partial charge is 0.341 e. The molecular weight excluding hydrogens is 621 g/mol. The van der Waals surface area contributed by atoms with Crippen molar-refractivity contribution in [3.05, 3.63) is 179 Å². The van der Waals surface area contributed by atoms with Crippen LogP contribution in [0.1, 0.15) is 57.3 Å². The van der Waals surface area contributed by atoms with E-state index < -0.39 is 5.54 Å². The van der Waals surface area contributed by atoms with Gasteiger partial charge in [0.05, 0.1) is 18.5 Å². The molecule has 0 N–H and O–H groups in total. The summed E-state index contributed by atoms with van der Waals surface area (Å²) in [4.78, 5) is 14.4. The van der Waals surface area contributed by atoms with E-state index in [1.165, 1.54) is 7.11 Å². The van der Waals surface area contributed by atoms with Crippen LogP contribution in [0.15, 0.2) is 140 Å². The van der Waals surface area contributed by atoms with Crippen molar-refractivity contribution >= 4 is 5.97 Å². The van der Waals surface area contributed by atoms with E-state index in [0.29, 0.717) is 17.8 Å². The van der Waals surface area contributed by atoms with Crippen LogP contribution in [0.4, 0.5) is 0 Å². The van der Waals surface area contributed by atoms with Crippen LogP contribution in [-0.4, -0.2) is 43.1 Å². The summed E-state index contributed by atoms with van der Waals surface area (Å²) in [5.74, 6) is 0.165. The van der Waals surface area contributed by atoms with Crippen molar-refractivity contribution in [3.8, 4) is 22.5 Å². The zero-order chi connectivity index (χ0) is 34.5. The van der Waals surface area contributed by atoms with Crippen LogP contribution in [-0.2, 0) is 23.2 Å². The summed E-state index contributed by atoms with van der Waals surface area (Å²) in [7, 11) is 1.41. The van der Waals surface area contributed by atoms with E-state index >= 15 is 0 Å². The van der Waals surface area contributed by atoms with Gasteiger partial charge in [-0.2, -0.15) is 5.10 Å². The predicted molar refractivity (Wildman–Crippen MR) is 195 cm³/mol. The van der Waals surface area contributed by atoms with Gasteiger partial charge in [-0.15, -0.1) is 15.0 Å². The van der Waals surface area contributed by atoms with E-state index in [2.05, 4.69) is 73.7 Å². The fourth-order valence-electron chi connectivity index (χ4n) is 6.80. The third kappa shape index (κ3) is 5.89. The minimum absolute atomic E-state index is 0.359. The zero-order valence-corrected chi connectivity index (χ0v) is 28.4. The van der Waals surface area contributed by atoms with Crippen molar-refractivity contribution in [2.75, 3.05) is 7.11 Å². The predicted octanol–water partition coefficient (Wildman–Crippen LogP) is 8.14. The number of carbonyl (C=O) groups is 1. The lowest BCUT2D eigenvalue weighted by molar-refractivity contribution is 0.0598. The molecule has 2 aromatic heterocycles. The number of benzene rings is 5. The number of hydrogen-bond donors (Lipinski definition) is 0. The fraction of sp³-hybridized carbons (Fsp3) is 0.167. The number of aryl methyl sites for hydroxylation is 1. The Morgan fingerprint density at radius 1 is 0.700 bits per heavy atom. The molecular formula is C42H38N6O2. The molecule has 2 heterocycles. The number of hydrogen-bond acceptors (Lipinski definition) is 6. The second-order valence-electron chi connectivity index (χ2n) is 12.3. The van der Waals surface area contributed by atoms with Crippen molar-refractivity contribution in [1.82, 2.24) is 30.0 Å². The molecule has 0 bridgehead atoms. The summed E-state index contributed by atoms with van der Waals surface area (Å²) in [6.45, 7) is 4.76. The number of nitrogens with zero attached hydrogens (tertiary/aromatic N) is 6. The minimum Gasteiger partial charge on any atom is -0.465 e. The molecule has 8 nitrogen and oxygen atoms in total. The Morgan fingerprint density at radius 3 is 1.78 bits per heavy atom. The van der Waals surface area contributed by atoms with Gasteiger partial charge < -0.3 is 4.74 Å². The van der Waals surface area contributed by atoms with Gasteiger partial charge in [-0.05, 0) is 51.9 Å². The molecule has 8 heteroatoms. The van der Waals surface area contributed by atoms with Gasteiger partial charge in [0.15, 0.2) is 5.54 Å². The van der Waals surface area contributed by atoms with Gasteiger partial charge in [0.25, 0.3) is 0 Å². The van der Waals surface area contributed by atoms with Crippen molar-refractivity contribution in [2.24, 2.45) is 0 Å². The van der Waals surface area contributed by atoms with Crippen LogP contribution >= 0.6 is 0 Å². The average Bonchev–Trinajstić information content (AvgIpc) is 3.78. The molecule has 5 aromatic carbocycles. The zero-order valence-electron chi connectivity index (χ0n) is 28.4. The molecule has 0 fully saturated rings. The highest BCUT2D eigenvalue weighted by atomic mass is 16.5. The first-order chi connectivity index (χ1) is 24.5. The molecule has 0 aliphatic carbocycles. The first-order valence-corrected chi connectivity index (χ1v) is 16.8. The van der Waals surface area contributed by atoms with Crippen LogP contribution in [0.5, 0.6) is 0 Å². The summed E-state index contributed by atoms with van der Waals surface area (Å²) in [6.07, 6.45) is 1.44. The van der Waals surface area contributed by atoms with Crippen LogP contribution in [0.25, 0.3) is 22.5 Å². The Kier molecular flexibility index (Phi) is 9.16. The van der Waals surface area contributed by atoms with Gasteiger partial charge in [0, 0.05) is 18.5 Å². The number of tetrazole rings is 1. The Hall–Kier alpha value is -6.15. The highest BCUT2D eigenvalue weighted by Gasteiger charge is 2.41. The van der Waals surface area contributed by atoms with Crippen LogP contribution in [0, 0.1) is 6.92 Å². The topological polar surface area (TPSA) is 87.7 Å². The molecule has 0 atom stereocenters. The van der Waals surface area contributed by atoms with Gasteiger partial charge >= 0.3 is 5.97 Å². The summed E-state index contributed by atoms with van der Waals surface area (Å²) in [5.41, 5.74) is 8.21. The van der Waals surface area contributed by atoms with E-state index in [4.69, 9.17) is 25.2 Å². The maximum Gasteiger partial charge on any atom is 0.341 e. The highest BCUT2D eigenvalue weighted by Crippen LogP contribution is 2.40. The lowest BCUT2D eigenvalue weighted by Gasteiger charge is -2.34. The molecule has 0 saturated carbocycles. The monoisotopic (exact) mass is 658 g/mol. The SMILES string of the molecule is CCCn1nc(Cc2ccc(-c3ccccc3-c3nnn(C(c4ccccc4)(c4ccccc4)c4ccccc4)n3)cc2)c(C(=O)OC)c1C. The third-order valence-electron chi connectivity index (χ3n) is 9.20. The first-order valence-electron chi connectivity index (χ1n) is 16.8. The fourth-order valence-corrected chi connectivity index (χ4v) is 6.80. The van der Waals surface area contributed by atoms with E-state index in [0.717, 1.165) is 63.3 Å². The number of rotatable bonds is 11. The van der Waals surface area contributed by atoms with Crippen molar-refractivity contribution < 1.29 is 9.53 Å². The molecule has 7 aromatic rings. The molecule has 0 unspecified atom stereocenters. The van der Waals surface area contributed by atoms with Gasteiger partial charge in [-0.25, -0.2) is 4.79 Å². The summed E-state index contributed by atoms with van der Waals surface area (Å²) in [5, 5.41) is 19.4. The quantitative estimate of drug-likeness (QED) is 0.103. The highest BCUT2D eigenvalue weighted by molar-refractivity contribution is 5.92. The maximum atomic E-state index is 12.7. The minimum atomic E-state index is -0.864. The van der Waals surface area contributed by atoms with E-state index in [1.807, 2.05) is 84.4 Å². The third-order valence-corrected chi connectivity index (χ3v) is 9.20. The largest absolute Gasteiger partial charge is 0.465 e. The summed E-state index contributed by atoms with van der Waals surface area (Å²) >= 11 is 0. The molecule has 0 spiro atoms. The molecule has 7 rings (SSSR count). The molecule has 50 heavy (non-hydrogen) atoms. The molecule has 0 amide bonds. The van der Waals surface area contributed by atoms with Crippen molar-refractivity contribution in [2.45, 2.75) is 38.8 Å². The standard InChI is InChI=1S/C42H38N6O2/c1-4-28-47-30(2)39(41(49)50-3)38(44-47)29-31-24-26-32(27-25-31)36-22-14-15-23-37(36)40-43-46-48(45-40)42(33-16-8-5-9-17-33,34-18-10-6-11-19-34)35-20-12-7-13-21-35/h5-27H,4,28-29H2,1-3H3. The number of aromatic nitrogens is 6. The Balaban J connectivity index is 1.27. The molecule has 0 aliphatic rings. The molecule has 0 saturated heterocycles.